The van der Waals surface area contributed by atoms with Gasteiger partial charge in [-0.05, 0) is 40.9 Å². The van der Waals surface area contributed by atoms with Crippen LogP contribution >= 0.6 is 15.9 Å². The van der Waals surface area contributed by atoms with Gasteiger partial charge in [0.15, 0.2) is 0 Å². The maximum atomic E-state index is 5.78. The van der Waals surface area contributed by atoms with E-state index in [4.69, 9.17) is 10.6 Å². The molecule has 1 aromatic carbocycles. The van der Waals surface area contributed by atoms with E-state index in [1.54, 1.807) is 6.07 Å². The summed E-state index contributed by atoms with van der Waals surface area (Å²) in [7, 11) is 0. The third kappa shape index (κ3) is 2.85. The van der Waals surface area contributed by atoms with Crippen molar-refractivity contribution in [2.45, 2.75) is 18.8 Å². The molecule has 0 bridgehead atoms. The lowest BCUT2D eigenvalue weighted by Crippen LogP contribution is -2.10. The molecule has 1 aliphatic rings. The molecule has 1 saturated carbocycles. The molecule has 0 amide bonds. The Morgan fingerprint density at radius 3 is 2.74 bits per heavy atom. The summed E-state index contributed by atoms with van der Waals surface area (Å²) in [5, 5.41) is 0. The highest BCUT2D eigenvalue weighted by Gasteiger charge is 2.27. The number of nitrogens with zero attached hydrogens (tertiary/aromatic N) is 2. The topological polar surface area (TPSA) is 73.1 Å². The highest BCUT2D eigenvalue weighted by molar-refractivity contribution is 9.10. The predicted molar refractivity (Wildman–Crippen MR) is 76.0 cm³/mol. The van der Waals surface area contributed by atoms with E-state index in [1.165, 1.54) is 0 Å². The summed E-state index contributed by atoms with van der Waals surface area (Å²) in [5.41, 5.74) is 2.55. The first-order valence-electron chi connectivity index (χ1n) is 6.04. The van der Waals surface area contributed by atoms with Gasteiger partial charge < -0.3 is 10.2 Å². The molecule has 0 radical (unpaired) electrons. The molecular weight excluding hydrogens is 308 g/mol. The first kappa shape index (κ1) is 12.4. The van der Waals surface area contributed by atoms with Gasteiger partial charge in [-0.15, -0.1) is 0 Å². The Hall–Kier alpha value is -1.66. The molecule has 6 heteroatoms. The number of nitrogens with one attached hydrogen (secondary N) is 1. The molecule has 1 aromatic heterocycles. The van der Waals surface area contributed by atoms with Crippen LogP contribution in [0.2, 0.25) is 0 Å². The van der Waals surface area contributed by atoms with Crippen molar-refractivity contribution in [2.24, 2.45) is 5.84 Å². The zero-order valence-corrected chi connectivity index (χ0v) is 11.7. The summed E-state index contributed by atoms with van der Waals surface area (Å²) in [4.78, 5) is 8.77. The van der Waals surface area contributed by atoms with Crippen LogP contribution < -0.4 is 16.0 Å². The molecule has 2 aromatic rings. The second-order valence-corrected chi connectivity index (χ2v) is 5.26. The Balaban J connectivity index is 1.91. The minimum absolute atomic E-state index is 0.440. The van der Waals surface area contributed by atoms with E-state index < -0.39 is 0 Å². The molecule has 98 valence electrons. The van der Waals surface area contributed by atoms with Gasteiger partial charge >= 0.3 is 0 Å². The van der Waals surface area contributed by atoms with Crippen LogP contribution in [-0.4, -0.2) is 9.97 Å². The number of aromatic nitrogens is 2. The lowest BCUT2D eigenvalue weighted by molar-refractivity contribution is 0.456. The van der Waals surface area contributed by atoms with E-state index in [9.17, 15) is 0 Å². The number of hydrogen-bond acceptors (Lipinski definition) is 5. The highest BCUT2D eigenvalue weighted by Crippen LogP contribution is 2.39. The molecule has 0 saturated heterocycles. The monoisotopic (exact) mass is 320 g/mol. The Morgan fingerprint density at radius 2 is 2.05 bits per heavy atom. The van der Waals surface area contributed by atoms with Crippen molar-refractivity contribution in [1.82, 2.24) is 9.97 Å². The molecule has 1 heterocycles. The number of anilines is 1. The van der Waals surface area contributed by atoms with Crippen LogP contribution in [0.25, 0.3) is 0 Å². The van der Waals surface area contributed by atoms with E-state index >= 15 is 0 Å². The molecule has 0 unspecified atom stereocenters. The molecule has 0 spiro atoms. The minimum Gasteiger partial charge on any atom is -0.438 e. The maximum Gasteiger partial charge on any atom is 0.224 e. The quantitative estimate of drug-likeness (QED) is 0.668. The first-order valence-corrected chi connectivity index (χ1v) is 6.83. The molecule has 1 aliphatic carbocycles. The fourth-order valence-corrected chi connectivity index (χ4v) is 2.10. The fourth-order valence-electron chi connectivity index (χ4n) is 1.73. The number of benzene rings is 1. The standard InChI is InChI=1S/C13H13BrN4O/c14-9-3-1-2-4-10(9)19-12-7-11(18-15)16-13(17-12)8-5-6-8/h1-4,7-8H,5-6,15H2,(H,16,17,18). The zero-order valence-electron chi connectivity index (χ0n) is 10.1. The van der Waals surface area contributed by atoms with Crippen molar-refractivity contribution in [3.8, 4) is 11.6 Å². The van der Waals surface area contributed by atoms with E-state index in [0.29, 0.717) is 23.4 Å². The average Bonchev–Trinajstić information content (AvgIpc) is 3.25. The molecule has 0 atom stereocenters. The normalized spacial score (nSPS) is 14.2. The summed E-state index contributed by atoms with van der Waals surface area (Å²) in [6, 6.07) is 9.31. The van der Waals surface area contributed by atoms with Crippen molar-refractivity contribution in [3.05, 3.63) is 40.6 Å². The van der Waals surface area contributed by atoms with Gasteiger partial charge in [-0.25, -0.2) is 10.8 Å². The van der Waals surface area contributed by atoms with Crippen LogP contribution in [0.3, 0.4) is 0 Å². The predicted octanol–water partition coefficient (Wildman–Crippen LogP) is 3.19. The second-order valence-electron chi connectivity index (χ2n) is 4.40. The van der Waals surface area contributed by atoms with Gasteiger partial charge in [0.25, 0.3) is 0 Å². The molecule has 3 N–H and O–H groups in total. The van der Waals surface area contributed by atoms with Crippen LogP contribution in [-0.2, 0) is 0 Å². The number of nitrogen functional groups attached to an aromatic ring is 1. The third-order valence-corrected chi connectivity index (χ3v) is 3.52. The van der Waals surface area contributed by atoms with E-state index in [1.807, 2.05) is 24.3 Å². The number of halogens is 1. The average molecular weight is 321 g/mol. The van der Waals surface area contributed by atoms with Crippen molar-refractivity contribution in [1.29, 1.82) is 0 Å². The minimum atomic E-state index is 0.440. The smallest absolute Gasteiger partial charge is 0.224 e. The summed E-state index contributed by atoms with van der Waals surface area (Å²) in [5.74, 6) is 8.43. The summed E-state index contributed by atoms with van der Waals surface area (Å²) in [6.45, 7) is 0. The summed E-state index contributed by atoms with van der Waals surface area (Å²) in [6.07, 6.45) is 2.25. The van der Waals surface area contributed by atoms with Gasteiger partial charge in [0.2, 0.25) is 5.88 Å². The highest BCUT2D eigenvalue weighted by atomic mass is 79.9. The molecule has 3 rings (SSSR count). The van der Waals surface area contributed by atoms with E-state index in [-0.39, 0.29) is 0 Å². The van der Waals surface area contributed by atoms with Gasteiger partial charge in [0.1, 0.15) is 17.4 Å². The van der Waals surface area contributed by atoms with Crippen molar-refractivity contribution in [3.63, 3.8) is 0 Å². The van der Waals surface area contributed by atoms with Crippen LogP contribution in [0.4, 0.5) is 5.82 Å². The van der Waals surface area contributed by atoms with Gasteiger partial charge in [-0.1, -0.05) is 12.1 Å². The van der Waals surface area contributed by atoms with Gasteiger partial charge in [-0.3, -0.25) is 0 Å². The number of rotatable bonds is 4. The Morgan fingerprint density at radius 1 is 1.26 bits per heavy atom. The molecule has 0 aliphatic heterocycles. The zero-order chi connectivity index (χ0) is 13.2. The number of hydrogen-bond donors (Lipinski definition) is 2. The Kier molecular flexibility index (Phi) is 3.35. The summed E-state index contributed by atoms with van der Waals surface area (Å²) >= 11 is 3.44. The molecule has 5 nitrogen and oxygen atoms in total. The Labute approximate surface area is 119 Å². The SMILES string of the molecule is NNc1cc(Oc2ccccc2Br)nc(C2CC2)n1. The van der Waals surface area contributed by atoms with Crippen molar-refractivity contribution >= 4 is 21.7 Å². The van der Waals surface area contributed by atoms with Crippen molar-refractivity contribution in [2.75, 3.05) is 5.43 Å². The number of nitrogens with two attached hydrogens (primary N) is 1. The van der Waals surface area contributed by atoms with Gasteiger partial charge in [-0.2, -0.15) is 4.98 Å². The second kappa shape index (κ2) is 5.14. The lowest BCUT2D eigenvalue weighted by atomic mass is 10.3. The summed E-state index contributed by atoms with van der Waals surface area (Å²) < 4.78 is 6.66. The van der Waals surface area contributed by atoms with Gasteiger partial charge in [0, 0.05) is 12.0 Å². The van der Waals surface area contributed by atoms with Crippen LogP contribution in [0.1, 0.15) is 24.6 Å². The maximum absolute atomic E-state index is 5.78. The van der Waals surface area contributed by atoms with E-state index in [2.05, 4.69) is 31.3 Å². The Bertz CT molecular complexity index is 601. The largest absolute Gasteiger partial charge is 0.438 e. The number of ether oxygens (including phenoxy) is 1. The number of para-hydroxylation sites is 1. The van der Waals surface area contributed by atoms with E-state index in [0.717, 1.165) is 23.1 Å². The van der Waals surface area contributed by atoms with Crippen molar-refractivity contribution < 1.29 is 4.74 Å². The van der Waals surface area contributed by atoms with Gasteiger partial charge in [0.05, 0.1) is 4.47 Å². The third-order valence-electron chi connectivity index (χ3n) is 2.86. The lowest BCUT2D eigenvalue weighted by Gasteiger charge is -2.09. The van der Waals surface area contributed by atoms with Crippen LogP contribution in [0, 0.1) is 0 Å². The van der Waals surface area contributed by atoms with Crippen LogP contribution in [0.5, 0.6) is 11.6 Å². The van der Waals surface area contributed by atoms with Crippen LogP contribution in [0.15, 0.2) is 34.8 Å². The number of hydrazine groups is 1. The molecular formula is C13H13BrN4O. The fraction of sp³-hybridized carbons (Fsp3) is 0.231. The molecule has 19 heavy (non-hydrogen) atoms. The molecule has 1 fully saturated rings. The first-order chi connectivity index (χ1) is 9.26.